The zero-order chi connectivity index (χ0) is 14.0. The molecule has 0 aliphatic carbocycles. The summed E-state index contributed by atoms with van der Waals surface area (Å²) in [5.41, 5.74) is 1.83. The van der Waals surface area contributed by atoms with E-state index in [9.17, 15) is 0 Å². The number of rotatable bonds is 10. The molecular formula is C18H31N. The average Bonchev–Trinajstić information content (AvgIpc) is 2.48. The Morgan fingerprint density at radius 2 is 1.68 bits per heavy atom. The molecule has 1 aromatic carbocycles. The minimum Gasteiger partial charge on any atom is -0.316 e. The van der Waals surface area contributed by atoms with Crippen molar-refractivity contribution in [3.05, 3.63) is 35.9 Å². The largest absolute Gasteiger partial charge is 0.316 e. The summed E-state index contributed by atoms with van der Waals surface area (Å²) in [6, 6.07) is 11.1. The minimum absolute atomic E-state index is 0.324. The lowest BCUT2D eigenvalue weighted by Gasteiger charge is -2.34. The fourth-order valence-electron chi connectivity index (χ4n) is 2.89. The van der Waals surface area contributed by atoms with E-state index in [0.717, 1.165) is 13.1 Å². The molecule has 1 atom stereocenters. The topological polar surface area (TPSA) is 12.0 Å². The summed E-state index contributed by atoms with van der Waals surface area (Å²) in [4.78, 5) is 0. The van der Waals surface area contributed by atoms with Crippen LogP contribution in [0.1, 0.15) is 64.9 Å². The summed E-state index contributed by atoms with van der Waals surface area (Å²) in [6.45, 7) is 8.98. The fourth-order valence-corrected chi connectivity index (χ4v) is 2.89. The van der Waals surface area contributed by atoms with Crippen LogP contribution in [0.2, 0.25) is 0 Å². The second-order valence-corrected chi connectivity index (χ2v) is 5.59. The molecule has 1 rings (SSSR count). The molecule has 0 amide bonds. The first kappa shape index (κ1) is 16.2. The van der Waals surface area contributed by atoms with Gasteiger partial charge in [-0.05, 0) is 24.9 Å². The van der Waals surface area contributed by atoms with Gasteiger partial charge in [0, 0.05) is 12.0 Å². The highest BCUT2D eigenvalue weighted by molar-refractivity contribution is 5.25. The number of likely N-dealkylation sites (N-methyl/N-ethyl adjacent to an activating group) is 1. The van der Waals surface area contributed by atoms with E-state index in [4.69, 9.17) is 0 Å². The summed E-state index contributed by atoms with van der Waals surface area (Å²) in [7, 11) is 0. The molecule has 0 saturated carbocycles. The molecule has 0 spiro atoms. The Morgan fingerprint density at radius 1 is 0.947 bits per heavy atom. The van der Waals surface area contributed by atoms with Crippen molar-refractivity contribution in [1.82, 2.24) is 5.32 Å². The molecule has 1 heteroatoms. The fraction of sp³-hybridized carbons (Fsp3) is 0.667. The van der Waals surface area contributed by atoms with Gasteiger partial charge in [0.05, 0.1) is 0 Å². The first-order valence-electron chi connectivity index (χ1n) is 8.05. The zero-order valence-corrected chi connectivity index (χ0v) is 13.0. The molecule has 0 aliphatic heterocycles. The van der Waals surface area contributed by atoms with Gasteiger partial charge in [-0.15, -0.1) is 0 Å². The molecule has 0 aromatic heterocycles. The van der Waals surface area contributed by atoms with Gasteiger partial charge in [0.1, 0.15) is 0 Å². The van der Waals surface area contributed by atoms with Crippen molar-refractivity contribution in [2.75, 3.05) is 13.1 Å². The van der Waals surface area contributed by atoms with Crippen LogP contribution in [0.4, 0.5) is 0 Å². The van der Waals surface area contributed by atoms with Crippen molar-refractivity contribution in [3.63, 3.8) is 0 Å². The van der Waals surface area contributed by atoms with E-state index >= 15 is 0 Å². The van der Waals surface area contributed by atoms with Crippen LogP contribution in [0.25, 0.3) is 0 Å². The molecule has 0 heterocycles. The highest BCUT2D eigenvalue weighted by Crippen LogP contribution is 2.33. The van der Waals surface area contributed by atoms with Crippen LogP contribution < -0.4 is 5.32 Å². The van der Waals surface area contributed by atoms with Crippen LogP contribution in [0.3, 0.4) is 0 Å². The van der Waals surface area contributed by atoms with Gasteiger partial charge in [-0.25, -0.2) is 0 Å². The smallest absolute Gasteiger partial charge is 0.00751 e. The number of unbranched alkanes of at least 4 members (excludes halogenated alkanes) is 3. The third kappa shape index (κ3) is 4.99. The molecule has 0 fully saturated rings. The van der Waals surface area contributed by atoms with Crippen LogP contribution >= 0.6 is 0 Å². The van der Waals surface area contributed by atoms with E-state index in [1.807, 2.05) is 0 Å². The van der Waals surface area contributed by atoms with E-state index in [0.29, 0.717) is 5.41 Å². The standard InChI is InChI=1S/C18H31N/c1-4-7-8-12-15-18(5-2,16-19-6-3)17-13-10-9-11-14-17/h9-11,13-14,19H,4-8,12,15-16H2,1-3H3. The van der Waals surface area contributed by atoms with Crippen molar-refractivity contribution < 1.29 is 0 Å². The second-order valence-electron chi connectivity index (χ2n) is 5.59. The van der Waals surface area contributed by atoms with Crippen LogP contribution in [0.15, 0.2) is 30.3 Å². The van der Waals surface area contributed by atoms with Gasteiger partial charge in [0.2, 0.25) is 0 Å². The quantitative estimate of drug-likeness (QED) is 0.590. The summed E-state index contributed by atoms with van der Waals surface area (Å²) < 4.78 is 0. The molecule has 0 radical (unpaired) electrons. The molecule has 1 unspecified atom stereocenters. The first-order chi connectivity index (χ1) is 9.29. The first-order valence-corrected chi connectivity index (χ1v) is 8.05. The number of hydrogen-bond acceptors (Lipinski definition) is 1. The molecule has 1 nitrogen and oxygen atoms in total. The maximum absolute atomic E-state index is 3.58. The van der Waals surface area contributed by atoms with Crippen molar-refractivity contribution in [3.8, 4) is 0 Å². The van der Waals surface area contributed by atoms with Crippen LogP contribution in [-0.2, 0) is 5.41 Å². The summed E-state index contributed by atoms with van der Waals surface area (Å²) in [6.07, 6.45) is 7.93. The van der Waals surface area contributed by atoms with Gasteiger partial charge in [0.25, 0.3) is 0 Å². The number of nitrogens with one attached hydrogen (secondary N) is 1. The Bertz CT molecular complexity index is 320. The van der Waals surface area contributed by atoms with Gasteiger partial charge in [-0.1, -0.05) is 76.8 Å². The predicted molar refractivity (Wildman–Crippen MR) is 85.7 cm³/mol. The predicted octanol–water partition coefficient (Wildman–Crippen LogP) is 4.91. The summed E-state index contributed by atoms with van der Waals surface area (Å²) >= 11 is 0. The zero-order valence-electron chi connectivity index (χ0n) is 13.0. The van der Waals surface area contributed by atoms with E-state index in [-0.39, 0.29) is 0 Å². The van der Waals surface area contributed by atoms with Gasteiger partial charge in [0.15, 0.2) is 0 Å². The van der Waals surface area contributed by atoms with E-state index < -0.39 is 0 Å². The monoisotopic (exact) mass is 261 g/mol. The molecule has 0 aliphatic rings. The Morgan fingerprint density at radius 3 is 2.26 bits per heavy atom. The number of hydrogen-bond donors (Lipinski definition) is 1. The second kappa shape index (κ2) is 9.14. The lowest BCUT2D eigenvalue weighted by molar-refractivity contribution is 0.343. The van der Waals surface area contributed by atoms with E-state index in [2.05, 4.69) is 56.4 Å². The van der Waals surface area contributed by atoms with Crippen molar-refractivity contribution >= 4 is 0 Å². The Hall–Kier alpha value is -0.820. The molecule has 1 N–H and O–H groups in total. The third-order valence-corrected chi connectivity index (χ3v) is 4.29. The van der Waals surface area contributed by atoms with Crippen LogP contribution in [0.5, 0.6) is 0 Å². The van der Waals surface area contributed by atoms with Crippen molar-refractivity contribution in [2.45, 2.75) is 64.7 Å². The highest BCUT2D eigenvalue weighted by atomic mass is 14.9. The Kier molecular flexibility index (Phi) is 7.81. The minimum atomic E-state index is 0.324. The average molecular weight is 261 g/mol. The molecular weight excluding hydrogens is 230 g/mol. The van der Waals surface area contributed by atoms with Gasteiger partial charge < -0.3 is 5.32 Å². The molecule has 1 aromatic rings. The summed E-state index contributed by atoms with van der Waals surface area (Å²) in [5, 5.41) is 3.58. The van der Waals surface area contributed by atoms with Gasteiger partial charge in [-0.3, -0.25) is 0 Å². The number of benzene rings is 1. The van der Waals surface area contributed by atoms with Crippen LogP contribution in [0, 0.1) is 0 Å². The lowest BCUT2D eigenvalue weighted by Crippen LogP contribution is -2.37. The van der Waals surface area contributed by atoms with Crippen LogP contribution in [-0.4, -0.2) is 13.1 Å². The van der Waals surface area contributed by atoms with Gasteiger partial charge >= 0.3 is 0 Å². The normalized spacial score (nSPS) is 14.3. The molecule has 0 bridgehead atoms. The van der Waals surface area contributed by atoms with E-state index in [1.54, 1.807) is 0 Å². The Balaban J connectivity index is 2.75. The molecule has 19 heavy (non-hydrogen) atoms. The molecule has 108 valence electrons. The van der Waals surface area contributed by atoms with Gasteiger partial charge in [-0.2, -0.15) is 0 Å². The SMILES string of the molecule is CCCCCCC(CC)(CNCC)c1ccccc1. The van der Waals surface area contributed by atoms with E-state index in [1.165, 1.54) is 44.1 Å². The highest BCUT2D eigenvalue weighted by Gasteiger charge is 2.28. The maximum Gasteiger partial charge on any atom is 0.00751 e. The maximum atomic E-state index is 3.58. The van der Waals surface area contributed by atoms with Crippen molar-refractivity contribution in [2.24, 2.45) is 0 Å². The molecule has 0 saturated heterocycles. The third-order valence-electron chi connectivity index (χ3n) is 4.29. The Labute approximate surface area is 119 Å². The van der Waals surface area contributed by atoms with Crippen molar-refractivity contribution in [1.29, 1.82) is 0 Å². The lowest BCUT2D eigenvalue weighted by atomic mass is 9.74. The summed E-state index contributed by atoms with van der Waals surface area (Å²) in [5.74, 6) is 0.